The quantitative estimate of drug-likeness (QED) is 0.889. The van der Waals surface area contributed by atoms with Crippen LogP contribution in [0.3, 0.4) is 0 Å². The van der Waals surface area contributed by atoms with Crippen LogP contribution in [0.4, 0.5) is 18.9 Å². The summed E-state index contributed by atoms with van der Waals surface area (Å²) in [6.45, 7) is 8.50. The summed E-state index contributed by atoms with van der Waals surface area (Å²) in [5, 5.41) is 2.65. The van der Waals surface area contributed by atoms with Crippen molar-refractivity contribution < 1.29 is 22.7 Å². The molecular weight excluding hydrogens is 309 g/mol. The summed E-state index contributed by atoms with van der Waals surface area (Å²) >= 11 is 0. The van der Waals surface area contributed by atoms with E-state index in [0.29, 0.717) is 5.69 Å². The lowest BCUT2D eigenvalue weighted by molar-refractivity contribution is -0.274. The molecular formula is C16H23F3N2O2. The molecule has 4 nitrogen and oxygen atoms in total. The highest BCUT2D eigenvalue weighted by molar-refractivity contribution is 5.92. The number of halogens is 3. The zero-order valence-corrected chi connectivity index (χ0v) is 14.0. The first-order valence-electron chi connectivity index (χ1n) is 7.24. The second kappa shape index (κ2) is 7.21. The topological polar surface area (TPSA) is 41.6 Å². The summed E-state index contributed by atoms with van der Waals surface area (Å²) in [6.07, 6.45) is -4.73. The van der Waals surface area contributed by atoms with Crippen LogP contribution in [-0.2, 0) is 4.79 Å². The highest BCUT2D eigenvalue weighted by Gasteiger charge is 2.31. The molecule has 1 atom stereocenters. The van der Waals surface area contributed by atoms with Gasteiger partial charge in [-0.2, -0.15) is 0 Å². The number of amides is 1. The number of carbonyl (C=O) groups excluding carboxylic acids is 1. The Morgan fingerprint density at radius 3 is 2.17 bits per heavy atom. The van der Waals surface area contributed by atoms with Gasteiger partial charge in [0, 0.05) is 11.7 Å². The van der Waals surface area contributed by atoms with Gasteiger partial charge >= 0.3 is 6.36 Å². The van der Waals surface area contributed by atoms with Crippen LogP contribution in [0.15, 0.2) is 24.3 Å². The van der Waals surface area contributed by atoms with Crippen molar-refractivity contribution in [3.05, 3.63) is 24.3 Å². The van der Waals surface area contributed by atoms with Crippen LogP contribution in [0.5, 0.6) is 5.75 Å². The molecule has 7 heteroatoms. The van der Waals surface area contributed by atoms with Gasteiger partial charge in [-0.15, -0.1) is 13.2 Å². The van der Waals surface area contributed by atoms with Gasteiger partial charge in [0.25, 0.3) is 0 Å². The Morgan fingerprint density at radius 2 is 1.74 bits per heavy atom. The van der Waals surface area contributed by atoms with Gasteiger partial charge in [0.05, 0.1) is 6.54 Å². The monoisotopic (exact) mass is 332 g/mol. The van der Waals surface area contributed by atoms with Gasteiger partial charge < -0.3 is 10.1 Å². The van der Waals surface area contributed by atoms with Gasteiger partial charge in [0.1, 0.15) is 5.75 Å². The summed E-state index contributed by atoms with van der Waals surface area (Å²) in [5.74, 6) is -0.554. The molecule has 0 spiro atoms. The Hall–Kier alpha value is -1.76. The molecule has 1 aromatic rings. The Kier molecular flexibility index (Phi) is 6.04. The molecule has 1 N–H and O–H groups in total. The largest absolute Gasteiger partial charge is 0.573 e. The zero-order chi connectivity index (χ0) is 17.8. The van der Waals surface area contributed by atoms with E-state index in [-0.39, 0.29) is 29.7 Å². The number of carbonyl (C=O) groups is 1. The van der Waals surface area contributed by atoms with Crippen LogP contribution in [0.2, 0.25) is 0 Å². The highest BCUT2D eigenvalue weighted by atomic mass is 19.4. The van der Waals surface area contributed by atoms with Gasteiger partial charge in [0.15, 0.2) is 0 Å². The first-order valence-corrected chi connectivity index (χ1v) is 7.24. The number of nitrogens with one attached hydrogen (secondary N) is 1. The van der Waals surface area contributed by atoms with Crippen molar-refractivity contribution in [2.45, 2.75) is 40.1 Å². The fourth-order valence-corrected chi connectivity index (χ4v) is 1.97. The Bertz CT molecular complexity index is 522. The van der Waals surface area contributed by atoms with Gasteiger partial charge in [0.2, 0.25) is 5.91 Å². The van der Waals surface area contributed by atoms with Crippen molar-refractivity contribution in [1.29, 1.82) is 0 Å². The van der Waals surface area contributed by atoms with E-state index >= 15 is 0 Å². The second-order valence-corrected chi connectivity index (χ2v) is 6.58. The smallest absolute Gasteiger partial charge is 0.406 e. The molecule has 1 amide bonds. The highest BCUT2D eigenvalue weighted by Crippen LogP contribution is 2.24. The molecule has 0 radical (unpaired) electrons. The third kappa shape index (κ3) is 6.90. The van der Waals surface area contributed by atoms with E-state index in [0.717, 1.165) is 12.1 Å². The van der Waals surface area contributed by atoms with Crippen LogP contribution in [0, 0.1) is 5.41 Å². The van der Waals surface area contributed by atoms with Crippen molar-refractivity contribution in [2.24, 2.45) is 5.41 Å². The van der Waals surface area contributed by atoms with Gasteiger partial charge in [-0.25, -0.2) is 0 Å². The molecule has 1 aromatic carbocycles. The van der Waals surface area contributed by atoms with Crippen molar-refractivity contribution in [1.82, 2.24) is 4.90 Å². The second-order valence-electron chi connectivity index (χ2n) is 6.58. The maximum atomic E-state index is 12.1. The molecule has 0 aromatic heterocycles. The van der Waals surface area contributed by atoms with E-state index in [9.17, 15) is 18.0 Å². The van der Waals surface area contributed by atoms with Gasteiger partial charge in [-0.1, -0.05) is 20.8 Å². The predicted molar refractivity (Wildman–Crippen MR) is 83.3 cm³/mol. The number of hydrogen-bond acceptors (Lipinski definition) is 3. The molecule has 1 unspecified atom stereocenters. The zero-order valence-electron chi connectivity index (χ0n) is 14.0. The molecule has 23 heavy (non-hydrogen) atoms. The Labute approximate surface area is 134 Å². The summed E-state index contributed by atoms with van der Waals surface area (Å²) < 4.78 is 40.0. The minimum atomic E-state index is -4.73. The maximum Gasteiger partial charge on any atom is 0.573 e. The average Bonchev–Trinajstić information content (AvgIpc) is 2.37. The van der Waals surface area contributed by atoms with Crippen molar-refractivity contribution in [3.8, 4) is 5.75 Å². The molecule has 0 saturated carbocycles. The maximum absolute atomic E-state index is 12.1. The van der Waals surface area contributed by atoms with Crippen LogP contribution in [0.1, 0.15) is 27.7 Å². The number of benzene rings is 1. The lowest BCUT2D eigenvalue weighted by atomic mass is 9.87. The van der Waals surface area contributed by atoms with E-state index in [1.807, 2.05) is 18.9 Å². The molecule has 0 bridgehead atoms. The molecule has 0 heterocycles. The van der Waals surface area contributed by atoms with Gasteiger partial charge in [-0.05, 0) is 43.7 Å². The first-order chi connectivity index (χ1) is 10.4. The number of hydrogen-bond donors (Lipinski definition) is 1. The third-order valence-electron chi connectivity index (χ3n) is 3.68. The number of anilines is 1. The third-order valence-corrected chi connectivity index (χ3v) is 3.68. The molecule has 0 aliphatic carbocycles. The Balaban J connectivity index is 2.58. The fourth-order valence-electron chi connectivity index (χ4n) is 1.97. The van der Waals surface area contributed by atoms with E-state index in [1.54, 1.807) is 0 Å². The number of alkyl halides is 3. The number of rotatable bonds is 5. The van der Waals surface area contributed by atoms with E-state index in [4.69, 9.17) is 0 Å². The van der Waals surface area contributed by atoms with Gasteiger partial charge in [-0.3, -0.25) is 9.69 Å². The summed E-state index contributed by atoms with van der Waals surface area (Å²) in [7, 11) is 1.86. The number of likely N-dealkylation sites (N-methyl/N-ethyl adjacent to an activating group) is 1. The summed E-state index contributed by atoms with van der Waals surface area (Å²) in [6, 6.07) is 5.24. The molecule has 0 saturated heterocycles. The lowest BCUT2D eigenvalue weighted by Crippen LogP contribution is -2.43. The fraction of sp³-hybridized carbons (Fsp3) is 0.562. The summed E-state index contributed by atoms with van der Waals surface area (Å²) in [4.78, 5) is 13.9. The normalized spacial score (nSPS) is 13.8. The SMILES string of the molecule is CC(N(C)CC(=O)Nc1ccc(OC(F)(F)F)cc1)C(C)(C)C. The minimum absolute atomic E-state index is 0.0333. The minimum Gasteiger partial charge on any atom is -0.406 e. The number of nitrogens with zero attached hydrogens (tertiary/aromatic N) is 1. The first kappa shape index (κ1) is 19.3. The predicted octanol–water partition coefficient (Wildman–Crippen LogP) is 3.89. The van der Waals surface area contributed by atoms with Crippen LogP contribution in [0.25, 0.3) is 0 Å². The average molecular weight is 332 g/mol. The lowest BCUT2D eigenvalue weighted by Gasteiger charge is -2.34. The molecule has 0 aliphatic rings. The van der Waals surface area contributed by atoms with Crippen LogP contribution < -0.4 is 10.1 Å². The van der Waals surface area contributed by atoms with Crippen molar-refractivity contribution >= 4 is 11.6 Å². The van der Waals surface area contributed by atoms with Crippen molar-refractivity contribution in [3.63, 3.8) is 0 Å². The number of ether oxygens (including phenoxy) is 1. The van der Waals surface area contributed by atoms with E-state index in [1.165, 1.54) is 12.1 Å². The standard InChI is InChI=1S/C16H23F3N2O2/c1-11(15(2,3)4)21(5)10-14(22)20-12-6-8-13(9-7-12)23-16(17,18)19/h6-9,11H,10H2,1-5H3,(H,20,22). The Morgan fingerprint density at radius 1 is 1.22 bits per heavy atom. The van der Waals surface area contributed by atoms with E-state index < -0.39 is 6.36 Å². The molecule has 130 valence electrons. The van der Waals surface area contributed by atoms with E-state index in [2.05, 4.69) is 30.8 Å². The van der Waals surface area contributed by atoms with Crippen LogP contribution >= 0.6 is 0 Å². The van der Waals surface area contributed by atoms with Crippen molar-refractivity contribution in [2.75, 3.05) is 18.9 Å². The summed E-state index contributed by atoms with van der Waals surface area (Å²) in [5.41, 5.74) is 0.451. The van der Waals surface area contributed by atoms with Crippen LogP contribution in [-0.4, -0.2) is 36.8 Å². The molecule has 0 aliphatic heterocycles. The molecule has 0 fully saturated rings. The molecule has 1 rings (SSSR count).